The zero-order valence-electron chi connectivity index (χ0n) is 10.7. The third-order valence-corrected chi connectivity index (χ3v) is 3.17. The van der Waals surface area contributed by atoms with Crippen LogP contribution in [-0.2, 0) is 9.53 Å². The van der Waals surface area contributed by atoms with E-state index in [4.69, 9.17) is 9.84 Å². The van der Waals surface area contributed by atoms with Crippen LogP contribution in [0.25, 0.3) is 0 Å². The second-order valence-corrected chi connectivity index (χ2v) is 4.48. The van der Waals surface area contributed by atoms with Gasteiger partial charge in [0.15, 0.2) is 0 Å². The van der Waals surface area contributed by atoms with Crippen molar-refractivity contribution in [2.24, 2.45) is 0 Å². The van der Waals surface area contributed by atoms with Gasteiger partial charge >= 0.3 is 0 Å². The molecule has 17 heavy (non-hydrogen) atoms. The Morgan fingerprint density at radius 2 is 2.29 bits per heavy atom. The summed E-state index contributed by atoms with van der Waals surface area (Å²) in [5, 5.41) is 11.8. The van der Waals surface area contributed by atoms with Crippen LogP contribution in [0.1, 0.15) is 25.7 Å². The smallest absolute Gasteiger partial charge is 0.234 e. The molecule has 0 aromatic rings. The van der Waals surface area contributed by atoms with Crippen molar-refractivity contribution in [3.05, 3.63) is 0 Å². The summed E-state index contributed by atoms with van der Waals surface area (Å²) in [7, 11) is 1.65. The number of ether oxygens (including phenoxy) is 1. The molecule has 0 bridgehead atoms. The summed E-state index contributed by atoms with van der Waals surface area (Å²) in [6.07, 6.45) is 4.38. The van der Waals surface area contributed by atoms with Crippen molar-refractivity contribution in [2.75, 3.05) is 40.0 Å². The summed E-state index contributed by atoms with van der Waals surface area (Å²) >= 11 is 0. The Labute approximate surface area is 103 Å². The average molecular weight is 244 g/mol. The summed E-state index contributed by atoms with van der Waals surface area (Å²) in [4.78, 5) is 13.7. The lowest BCUT2D eigenvalue weighted by atomic mass is 9.91. The van der Waals surface area contributed by atoms with Crippen LogP contribution in [0.3, 0.4) is 0 Å². The molecule has 2 N–H and O–H groups in total. The van der Waals surface area contributed by atoms with Crippen molar-refractivity contribution in [2.45, 2.75) is 31.7 Å². The molecule has 1 aliphatic carbocycles. The van der Waals surface area contributed by atoms with Crippen molar-refractivity contribution < 1.29 is 14.6 Å². The number of carbonyl (C=O) groups is 1. The number of aliphatic hydroxyl groups excluding tert-OH is 1. The van der Waals surface area contributed by atoms with Crippen molar-refractivity contribution >= 4 is 5.91 Å². The Balaban J connectivity index is 2.16. The molecule has 0 aromatic carbocycles. The fourth-order valence-corrected chi connectivity index (χ4v) is 1.96. The molecule has 0 spiro atoms. The molecule has 100 valence electrons. The van der Waals surface area contributed by atoms with Crippen molar-refractivity contribution in [1.29, 1.82) is 0 Å². The molecule has 5 heteroatoms. The van der Waals surface area contributed by atoms with Gasteiger partial charge in [0.05, 0.1) is 13.2 Å². The van der Waals surface area contributed by atoms with Crippen LogP contribution >= 0.6 is 0 Å². The normalized spacial score (nSPS) is 15.9. The number of hydrogen-bond acceptors (Lipinski definition) is 4. The Hall–Kier alpha value is -0.650. The Bertz CT molecular complexity index is 220. The quantitative estimate of drug-likeness (QED) is 0.560. The highest BCUT2D eigenvalue weighted by atomic mass is 16.5. The molecule has 5 nitrogen and oxygen atoms in total. The molecule has 1 rings (SSSR count). The van der Waals surface area contributed by atoms with Gasteiger partial charge in [-0.3, -0.25) is 9.69 Å². The first-order valence-electron chi connectivity index (χ1n) is 6.38. The van der Waals surface area contributed by atoms with Crippen LogP contribution in [0, 0.1) is 0 Å². The Morgan fingerprint density at radius 1 is 1.53 bits per heavy atom. The Morgan fingerprint density at radius 3 is 2.82 bits per heavy atom. The van der Waals surface area contributed by atoms with Crippen molar-refractivity contribution in [1.82, 2.24) is 10.2 Å². The molecule has 1 saturated carbocycles. The number of aliphatic hydroxyl groups is 1. The highest BCUT2D eigenvalue weighted by Crippen LogP contribution is 2.24. The van der Waals surface area contributed by atoms with Gasteiger partial charge in [-0.25, -0.2) is 0 Å². The van der Waals surface area contributed by atoms with Gasteiger partial charge in [-0.2, -0.15) is 0 Å². The summed E-state index contributed by atoms with van der Waals surface area (Å²) in [6, 6.07) is 0.492. The van der Waals surface area contributed by atoms with Gasteiger partial charge in [0, 0.05) is 32.8 Å². The van der Waals surface area contributed by atoms with Crippen molar-refractivity contribution in [3.8, 4) is 0 Å². The first-order chi connectivity index (χ1) is 8.27. The highest BCUT2D eigenvalue weighted by Gasteiger charge is 2.25. The fourth-order valence-electron chi connectivity index (χ4n) is 1.96. The number of nitrogens with one attached hydrogen (secondary N) is 1. The molecule has 0 unspecified atom stereocenters. The molecule has 0 saturated heterocycles. The summed E-state index contributed by atoms with van der Waals surface area (Å²) in [6.45, 7) is 2.44. The molecule has 0 heterocycles. The van der Waals surface area contributed by atoms with E-state index in [1.165, 1.54) is 6.42 Å². The van der Waals surface area contributed by atoms with Gasteiger partial charge in [0.1, 0.15) is 0 Å². The minimum absolute atomic E-state index is 0.0430. The van der Waals surface area contributed by atoms with E-state index in [1.807, 2.05) is 0 Å². The van der Waals surface area contributed by atoms with Gasteiger partial charge in [-0.05, 0) is 19.3 Å². The van der Waals surface area contributed by atoms with Crippen LogP contribution < -0.4 is 5.32 Å². The maximum atomic E-state index is 11.7. The van der Waals surface area contributed by atoms with Crippen molar-refractivity contribution in [3.63, 3.8) is 0 Å². The topological polar surface area (TPSA) is 61.8 Å². The van der Waals surface area contributed by atoms with E-state index in [1.54, 1.807) is 7.11 Å². The third kappa shape index (κ3) is 5.48. The number of amides is 1. The maximum Gasteiger partial charge on any atom is 0.234 e. The van der Waals surface area contributed by atoms with Crippen LogP contribution in [0.2, 0.25) is 0 Å². The number of rotatable bonds is 9. The second kappa shape index (κ2) is 8.44. The van der Waals surface area contributed by atoms with Crippen LogP contribution in [0.5, 0.6) is 0 Å². The fraction of sp³-hybridized carbons (Fsp3) is 0.917. The molecule has 0 atom stereocenters. The predicted octanol–water partition coefficient (Wildman–Crippen LogP) is -0.0141. The maximum absolute atomic E-state index is 11.7. The average Bonchev–Trinajstić information content (AvgIpc) is 2.22. The summed E-state index contributed by atoms with van der Waals surface area (Å²) < 4.78 is 4.91. The third-order valence-electron chi connectivity index (χ3n) is 3.17. The van der Waals surface area contributed by atoms with Gasteiger partial charge in [-0.15, -0.1) is 0 Å². The van der Waals surface area contributed by atoms with Gasteiger partial charge in [-0.1, -0.05) is 6.42 Å². The molecule has 0 radical (unpaired) electrons. The lowest BCUT2D eigenvalue weighted by Gasteiger charge is -2.36. The van der Waals surface area contributed by atoms with E-state index in [2.05, 4.69) is 10.2 Å². The summed E-state index contributed by atoms with van der Waals surface area (Å²) in [5.74, 6) is 0.0430. The first kappa shape index (κ1) is 14.4. The SMILES string of the molecule is COCCCNC(=O)CN(CCO)C1CCC1. The molecule has 0 aliphatic heterocycles. The molecule has 1 amide bonds. The predicted molar refractivity (Wildman–Crippen MR) is 65.8 cm³/mol. The first-order valence-corrected chi connectivity index (χ1v) is 6.38. The van der Waals surface area contributed by atoms with E-state index < -0.39 is 0 Å². The van der Waals surface area contributed by atoms with Gasteiger partial charge in [0.2, 0.25) is 5.91 Å². The minimum atomic E-state index is 0.0430. The second-order valence-electron chi connectivity index (χ2n) is 4.48. The highest BCUT2D eigenvalue weighted by molar-refractivity contribution is 5.78. The van der Waals surface area contributed by atoms with Gasteiger partial charge in [0.25, 0.3) is 0 Å². The van der Waals surface area contributed by atoms with Crippen LogP contribution in [0.4, 0.5) is 0 Å². The molecule has 1 aliphatic rings. The lowest BCUT2D eigenvalue weighted by molar-refractivity contribution is -0.123. The zero-order chi connectivity index (χ0) is 12.5. The standard InChI is InChI=1S/C12H24N2O3/c1-17-9-3-6-13-12(16)10-14(7-8-15)11-4-2-5-11/h11,15H,2-10H2,1H3,(H,13,16). The molecule has 1 fully saturated rings. The molecular formula is C12H24N2O3. The number of nitrogens with zero attached hydrogens (tertiary/aromatic N) is 1. The van der Waals surface area contributed by atoms with E-state index in [-0.39, 0.29) is 12.5 Å². The van der Waals surface area contributed by atoms with E-state index in [0.717, 1.165) is 19.3 Å². The van der Waals surface area contributed by atoms with Crippen LogP contribution in [0.15, 0.2) is 0 Å². The van der Waals surface area contributed by atoms with E-state index >= 15 is 0 Å². The lowest BCUT2D eigenvalue weighted by Crippen LogP contribution is -2.47. The number of carbonyl (C=O) groups excluding carboxylic acids is 1. The van der Waals surface area contributed by atoms with E-state index in [9.17, 15) is 4.79 Å². The Kier molecular flexibility index (Phi) is 7.16. The number of hydrogen-bond donors (Lipinski definition) is 2. The van der Waals surface area contributed by atoms with Crippen LogP contribution in [-0.4, -0.2) is 61.9 Å². The summed E-state index contributed by atoms with van der Waals surface area (Å²) in [5.41, 5.74) is 0. The largest absolute Gasteiger partial charge is 0.395 e. The monoisotopic (exact) mass is 244 g/mol. The molecular weight excluding hydrogens is 220 g/mol. The van der Waals surface area contributed by atoms with Gasteiger partial charge < -0.3 is 15.2 Å². The van der Waals surface area contributed by atoms with E-state index in [0.29, 0.717) is 32.3 Å². The minimum Gasteiger partial charge on any atom is -0.395 e. The number of methoxy groups -OCH3 is 1. The zero-order valence-corrected chi connectivity index (χ0v) is 10.7. The molecule has 0 aromatic heterocycles.